The van der Waals surface area contributed by atoms with Gasteiger partial charge in [-0.15, -0.1) is 12.3 Å². The Bertz CT molecular complexity index is 312. The van der Waals surface area contributed by atoms with E-state index in [-0.39, 0.29) is 6.42 Å². The molecule has 4 N–H and O–H groups in total. The molecule has 2 atom stereocenters. The van der Waals surface area contributed by atoms with Crippen LogP contribution in [0, 0.1) is 17.8 Å². The second-order valence-electron chi connectivity index (χ2n) is 4.65. The van der Waals surface area contributed by atoms with E-state index in [0.29, 0.717) is 0 Å². The van der Waals surface area contributed by atoms with E-state index in [1.165, 1.54) is 0 Å². The van der Waals surface area contributed by atoms with Crippen LogP contribution in [0.25, 0.3) is 0 Å². The normalized spacial score (nSPS) is 14.7. The van der Waals surface area contributed by atoms with Crippen molar-refractivity contribution in [3.05, 3.63) is 0 Å². The van der Waals surface area contributed by atoms with Crippen molar-refractivity contribution in [3.8, 4) is 12.3 Å². The molecule has 0 saturated carbocycles. The summed E-state index contributed by atoms with van der Waals surface area (Å²) in [5, 5.41) is 11.1. The number of carbonyl (C=O) groups excluding carboxylic acids is 1. The Morgan fingerprint density at radius 2 is 2.00 bits per heavy atom. The van der Waals surface area contributed by atoms with Gasteiger partial charge < -0.3 is 16.2 Å². The van der Waals surface area contributed by atoms with E-state index in [4.69, 9.17) is 17.3 Å². The molecule has 0 aliphatic rings. The number of nitrogens with two attached hydrogens (primary N) is 1. The summed E-state index contributed by atoms with van der Waals surface area (Å²) in [6, 6.07) is -1.85. The maximum absolute atomic E-state index is 11.6. The van der Waals surface area contributed by atoms with E-state index in [2.05, 4.69) is 11.2 Å². The molecule has 0 rings (SSSR count). The van der Waals surface area contributed by atoms with Crippen molar-refractivity contribution in [3.63, 3.8) is 0 Å². The lowest BCUT2D eigenvalue weighted by Gasteiger charge is -2.26. The van der Waals surface area contributed by atoms with Crippen LogP contribution in [0.2, 0.25) is 0 Å². The summed E-state index contributed by atoms with van der Waals surface area (Å²) in [7, 11) is 0. The topological polar surface area (TPSA) is 92.4 Å². The highest BCUT2D eigenvalue weighted by molar-refractivity contribution is 5.87. The lowest BCUT2D eigenvalue weighted by atomic mass is 9.87. The second kappa shape index (κ2) is 5.52. The quantitative estimate of drug-likeness (QED) is 0.586. The van der Waals surface area contributed by atoms with Gasteiger partial charge in [-0.2, -0.15) is 0 Å². The van der Waals surface area contributed by atoms with Gasteiger partial charge in [0, 0.05) is 6.42 Å². The van der Waals surface area contributed by atoms with Crippen molar-refractivity contribution in [1.82, 2.24) is 5.32 Å². The highest BCUT2D eigenvalue weighted by Gasteiger charge is 2.30. The average Bonchev–Trinajstić information content (AvgIpc) is 2.14. The summed E-state index contributed by atoms with van der Waals surface area (Å²) in [4.78, 5) is 22.4. The number of rotatable bonds is 4. The number of terminal acetylenes is 1. The lowest BCUT2D eigenvalue weighted by Crippen LogP contribution is -2.53. The molecule has 0 heterocycles. The molecular formula is C11H18N2O3. The van der Waals surface area contributed by atoms with Crippen LogP contribution in [-0.2, 0) is 9.59 Å². The summed E-state index contributed by atoms with van der Waals surface area (Å²) in [5.74, 6) is 0.531. The van der Waals surface area contributed by atoms with Crippen molar-refractivity contribution in [2.45, 2.75) is 39.3 Å². The van der Waals surface area contributed by atoms with Crippen LogP contribution in [0.4, 0.5) is 0 Å². The third kappa shape index (κ3) is 4.32. The lowest BCUT2D eigenvalue weighted by molar-refractivity contribution is -0.142. The molecular weight excluding hydrogens is 208 g/mol. The van der Waals surface area contributed by atoms with E-state index in [1.54, 1.807) is 20.8 Å². The monoisotopic (exact) mass is 226 g/mol. The van der Waals surface area contributed by atoms with Crippen LogP contribution in [0.15, 0.2) is 0 Å². The molecule has 5 heteroatoms. The summed E-state index contributed by atoms with van der Waals surface area (Å²) in [6.07, 6.45) is 4.95. The molecule has 0 aromatic rings. The zero-order valence-electron chi connectivity index (χ0n) is 9.78. The van der Waals surface area contributed by atoms with E-state index in [9.17, 15) is 9.59 Å². The minimum absolute atomic E-state index is 0.0576. The molecule has 0 radical (unpaired) electrons. The van der Waals surface area contributed by atoms with Crippen molar-refractivity contribution >= 4 is 11.9 Å². The largest absolute Gasteiger partial charge is 0.480 e. The number of carbonyl (C=O) groups is 2. The first-order valence-electron chi connectivity index (χ1n) is 4.92. The first-order chi connectivity index (χ1) is 7.20. The predicted molar refractivity (Wildman–Crippen MR) is 60.4 cm³/mol. The van der Waals surface area contributed by atoms with Crippen LogP contribution < -0.4 is 11.1 Å². The van der Waals surface area contributed by atoms with Gasteiger partial charge in [0.15, 0.2) is 0 Å². The fraction of sp³-hybridized carbons (Fsp3) is 0.636. The van der Waals surface area contributed by atoms with Gasteiger partial charge in [0.05, 0.1) is 6.04 Å². The first-order valence-corrected chi connectivity index (χ1v) is 4.92. The van der Waals surface area contributed by atoms with Crippen molar-refractivity contribution in [2.75, 3.05) is 0 Å². The second-order valence-corrected chi connectivity index (χ2v) is 4.65. The van der Waals surface area contributed by atoms with Crippen LogP contribution in [-0.4, -0.2) is 29.1 Å². The molecule has 0 aliphatic carbocycles. The SMILES string of the molecule is C#CCC(NC(=O)[C@@H](N)C(C)(C)C)C(=O)O. The maximum Gasteiger partial charge on any atom is 0.327 e. The average molecular weight is 226 g/mol. The summed E-state index contributed by atoms with van der Waals surface area (Å²) in [6.45, 7) is 5.40. The number of carboxylic acids is 1. The van der Waals surface area contributed by atoms with Crippen molar-refractivity contribution < 1.29 is 14.7 Å². The molecule has 1 unspecified atom stereocenters. The van der Waals surface area contributed by atoms with E-state index >= 15 is 0 Å². The van der Waals surface area contributed by atoms with Crippen LogP contribution in [0.1, 0.15) is 27.2 Å². The third-order valence-corrected chi connectivity index (χ3v) is 2.15. The Kier molecular flexibility index (Phi) is 4.99. The molecule has 0 aromatic carbocycles. The standard InChI is InChI=1S/C11H18N2O3/c1-5-6-7(10(15)16)13-9(14)8(12)11(2,3)4/h1,7-8H,6,12H2,2-4H3,(H,13,14)(H,15,16)/t7?,8-/m1/s1. The van der Waals surface area contributed by atoms with Gasteiger partial charge in [-0.3, -0.25) is 4.79 Å². The molecule has 0 fully saturated rings. The van der Waals surface area contributed by atoms with Crippen LogP contribution in [0.3, 0.4) is 0 Å². The summed E-state index contributed by atoms with van der Waals surface area (Å²) in [5.41, 5.74) is 5.25. The molecule has 0 bridgehead atoms. The third-order valence-electron chi connectivity index (χ3n) is 2.15. The summed E-state index contributed by atoms with van der Waals surface area (Å²) < 4.78 is 0. The van der Waals surface area contributed by atoms with Gasteiger partial charge in [0.1, 0.15) is 6.04 Å². The highest BCUT2D eigenvalue weighted by Crippen LogP contribution is 2.17. The molecule has 16 heavy (non-hydrogen) atoms. The van der Waals surface area contributed by atoms with E-state index in [0.717, 1.165) is 0 Å². The number of carboxylic acid groups (broad SMARTS) is 1. The Hall–Kier alpha value is -1.54. The zero-order chi connectivity index (χ0) is 12.9. The first kappa shape index (κ1) is 14.5. The number of hydrogen-bond acceptors (Lipinski definition) is 3. The fourth-order valence-electron chi connectivity index (χ4n) is 0.973. The smallest absolute Gasteiger partial charge is 0.327 e. The van der Waals surface area contributed by atoms with Crippen LogP contribution in [0.5, 0.6) is 0 Å². The zero-order valence-corrected chi connectivity index (χ0v) is 9.78. The minimum atomic E-state index is -1.16. The van der Waals surface area contributed by atoms with Crippen LogP contribution >= 0.6 is 0 Å². The Labute approximate surface area is 95.4 Å². The highest BCUT2D eigenvalue weighted by atomic mass is 16.4. The molecule has 0 saturated heterocycles. The van der Waals surface area contributed by atoms with Gasteiger partial charge in [0.2, 0.25) is 5.91 Å². The summed E-state index contributed by atoms with van der Waals surface area (Å²) >= 11 is 0. The fourth-order valence-corrected chi connectivity index (χ4v) is 0.973. The van der Waals surface area contributed by atoms with E-state index in [1.807, 2.05) is 0 Å². The molecule has 90 valence electrons. The Morgan fingerprint density at radius 1 is 1.50 bits per heavy atom. The molecule has 0 spiro atoms. The number of hydrogen-bond donors (Lipinski definition) is 3. The molecule has 0 aliphatic heterocycles. The Morgan fingerprint density at radius 3 is 2.31 bits per heavy atom. The van der Waals surface area contributed by atoms with Gasteiger partial charge in [-0.25, -0.2) is 4.79 Å². The maximum atomic E-state index is 11.6. The van der Waals surface area contributed by atoms with Gasteiger partial charge in [-0.05, 0) is 5.41 Å². The van der Waals surface area contributed by atoms with Gasteiger partial charge >= 0.3 is 5.97 Å². The van der Waals surface area contributed by atoms with Crippen molar-refractivity contribution in [1.29, 1.82) is 0 Å². The van der Waals surface area contributed by atoms with Crippen molar-refractivity contribution in [2.24, 2.45) is 11.1 Å². The Balaban J connectivity index is 4.54. The number of amides is 1. The number of nitrogens with one attached hydrogen (secondary N) is 1. The van der Waals surface area contributed by atoms with Gasteiger partial charge in [-0.1, -0.05) is 20.8 Å². The van der Waals surface area contributed by atoms with Gasteiger partial charge in [0.25, 0.3) is 0 Å². The van der Waals surface area contributed by atoms with E-state index < -0.39 is 29.4 Å². The molecule has 0 aromatic heterocycles. The molecule has 1 amide bonds. The minimum Gasteiger partial charge on any atom is -0.480 e. The predicted octanol–water partition coefficient (Wildman–Crippen LogP) is -0.0475. The molecule has 5 nitrogen and oxygen atoms in total. The number of aliphatic carboxylic acids is 1.